The zero-order valence-electron chi connectivity index (χ0n) is 12.1. The maximum Gasteiger partial charge on any atom is 0.143 e. The van der Waals surface area contributed by atoms with Crippen LogP contribution < -0.4 is 10.1 Å². The Bertz CT molecular complexity index is 436. The predicted molar refractivity (Wildman–Crippen MR) is 81.5 cm³/mol. The summed E-state index contributed by atoms with van der Waals surface area (Å²) in [6.07, 6.45) is 1.84. The van der Waals surface area contributed by atoms with E-state index < -0.39 is 6.10 Å². The van der Waals surface area contributed by atoms with Crippen molar-refractivity contribution in [3.8, 4) is 5.75 Å². The lowest BCUT2D eigenvalue weighted by atomic mass is 10.0. The van der Waals surface area contributed by atoms with Crippen LogP contribution in [-0.4, -0.2) is 49.8 Å². The molecular weight excluding hydrogens is 276 g/mol. The number of nitrogens with zero attached hydrogens (tertiary/aromatic N) is 1. The number of methoxy groups -OCH3 is 1. The van der Waals surface area contributed by atoms with E-state index in [-0.39, 0.29) is 6.04 Å². The number of benzene rings is 1. The van der Waals surface area contributed by atoms with Gasteiger partial charge in [-0.15, -0.1) is 0 Å². The van der Waals surface area contributed by atoms with Crippen molar-refractivity contribution in [2.24, 2.45) is 0 Å². The van der Waals surface area contributed by atoms with E-state index in [4.69, 9.17) is 16.3 Å². The minimum Gasteiger partial charge on any atom is -0.495 e. The van der Waals surface area contributed by atoms with Gasteiger partial charge in [0.1, 0.15) is 5.75 Å². The molecule has 20 heavy (non-hydrogen) atoms. The maximum absolute atomic E-state index is 10.6. The van der Waals surface area contributed by atoms with Crippen molar-refractivity contribution < 1.29 is 9.84 Å². The highest BCUT2D eigenvalue weighted by Crippen LogP contribution is 2.34. The minimum absolute atomic E-state index is 0.0412. The first-order valence-electron chi connectivity index (χ1n) is 7.07. The van der Waals surface area contributed by atoms with Crippen molar-refractivity contribution in [2.45, 2.75) is 25.0 Å². The fraction of sp³-hybridized carbons (Fsp3) is 0.600. The van der Waals surface area contributed by atoms with Crippen LogP contribution in [0, 0.1) is 0 Å². The van der Waals surface area contributed by atoms with Gasteiger partial charge in [0.2, 0.25) is 0 Å². The molecule has 0 radical (unpaired) electrons. The molecule has 1 aliphatic rings. The highest BCUT2D eigenvalue weighted by molar-refractivity contribution is 6.32. The van der Waals surface area contributed by atoms with Gasteiger partial charge in [-0.2, -0.15) is 0 Å². The smallest absolute Gasteiger partial charge is 0.143 e. The maximum atomic E-state index is 10.6. The van der Waals surface area contributed by atoms with Gasteiger partial charge in [0.05, 0.1) is 18.2 Å². The lowest BCUT2D eigenvalue weighted by molar-refractivity contribution is 0.108. The third-order valence-electron chi connectivity index (χ3n) is 3.93. The van der Waals surface area contributed by atoms with Crippen molar-refractivity contribution in [1.29, 1.82) is 0 Å². The molecule has 1 heterocycles. The molecule has 112 valence electrons. The molecular formula is C15H23ClN2O2. The summed E-state index contributed by atoms with van der Waals surface area (Å²) >= 11 is 6.12. The number of hydrogen-bond acceptors (Lipinski definition) is 4. The molecule has 2 unspecified atom stereocenters. The van der Waals surface area contributed by atoms with Gasteiger partial charge in [-0.05, 0) is 39.0 Å². The van der Waals surface area contributed by atoms with Gasteiger partial charge >= 0.3 is 0 Å². The van der Waals surface area contributed by atoms with Gasteiger partial charge in [-0.25, -0.2) is 0 Å². The Morgan fingerprint density at radius 1 is 1.40 bits per heavy atom. The Balaban J connectivity index is 2.14. The van der Waals surface area contributed by atoms with Crippen molar-refractivity contribution in [2.75, 3.05) is 33.8 Å². The number of rotatable bonds is 6. The molecule has 1 fully saturated rings. The van der Waals surface area contributed by atoms with E-state index >= 15 is 0 Å². The summed E-state index contributed by atoms with van der Waals surface area (Å²) in [5.41, 5.74) is 0.735. The van der Waals surface area contributed by atoms with Gasteiger partial charge in [0.25, 0.3) is 0 Å². The van der Waals surface area contributed by atoms with Crippen molar-refractivity contribution in [1.82, 2.24) is 10.2 Å². The van der Waals surface area contributed by atoms with Gasteiger partial charge in [-0.3, -0.25) is 0 Å². The van der Waals surface area contributed by atoms with Crippen LogP contribution >= 0.6 is 11.6 Å². The lowest BCUT2D eigenvalue weighted by Gasteiger charge is -2.28. The van der Waals surface area contributed by atoms with Crippen LogP contribution in [-0.2, 0) is 0 Å². The second-order valence-electron chi connectivity index (χ2n) is 5.21. The Hall–Kier alpha value is -0.810. The summed E-state index contributed by atoms with van der Waals surface area (Å²) < 4.78 is 5.33. The van der Waals surface area contributed by atoms with Crippen LogP contribution in [0.1, 0.15) is 24.5 Å². The fourth-order valence-electron chi connectivity index (χ4n) is 2.78. The monoisotopic (exact) mass is 298 g/mol. The molecule has 0 spiro atoms. The number of nitrogens with one attached hydrogen (secondary N) is 1. The minimum atomic E-state index is -0.644. The molecule has 0 aliphatic carbocycles. The van der Waals surface area contributed by atoms with Crippen LogP contribution in [0.4, 0.5) is 0 Å². The molecule has 0 bridgehead atoms. The third kappa shape index (κ3) is 3.44. The highest BCUT2D eigenvalue weighted by atomic mass is 35.5. The molecule has 5 heteroatoms. The normalized spacial score (nSPS) is 19.0. The quantitative estimate of drug-likeness (QED) is 0.844. The first-order valence-corrected chi connectivity index (χ1v) is 7.45. The summed E-state index contributed by atoms with van der Waals surface area (Å²) in [4.78, 5) is 2.38. The number of ether oxygens (including phenoxy) is 1. The average molecular weight is 299 g/mol. The first-order chi connectivity index (χ1) is 9.67. The van der Waals surface area contributed by atoms with E-state index in [0.29, 0.717) is 10.8 Å². The molecule has 1 aromatic carbocycles. The van der Waals surface area contributed by atoms with Crippen molar-refractivity contribution in [3.63, 3.8) is 0 Å². The number of halogens is 1. The lowest BCUT2D eigenvalue weighted by Crippen LogP contribution is -2.42. The van der Waals surface area contributed by atoms with E-state index in [2.05, 4.69) is 10.2 Å². The third-order valence-corrected chi connectivity index (χ3v) is 4.22. The van der Waals surface area contributed by atoms with Crippen molar-refractivity contribution in [3.05, 3.63) is 28.8 Å². The molecule has 0 aromatic heterocycles. The molecule has 1 aliphatic heterocycles. The van der Waals surface area contributed by atoms with E-state index in [9.17, 15) is 5.11 Å². The predicted octanol–water partition coefficient (Wildman–Crippen LogP) is 2.07. The standard InChI is InChI=1S/C15H23ClN2O2/c1-17-13(10-18-8-3-4-9-18)14(19)11-6-5-7-12(16)15(11)20-2/h5-7,13-14,17,19H,3-4,8-10H2,1-2H3. The summed E-state index contributed by atoms with van der Waals surface area (Å²) in [6.45, 7) is 3.04. The van der Waals surface area contributed by atoms with Crippen LogP contribution in [0.5, 0.6) is 5.75 Å². The largest absolute Gasteiger partial charge is 0.495 e. The number of para-hydroxylation sites is 1. The fourth-order valence-corrected chi connectivity index (χ4v) is 3.04. The molecule has 1 saturated heterocycles. The Morgan fingerprint density at radius 2 is 2.10 bits per heavy atom. The Morgan fingerprint density at radius 3 is 2.70 bits per heavy atom. The summed E-state index contributed by atoms with van der Waals surface area (Å²) in [7, 11) is 3.45. The van der Waals surface area contributed by atoms with E-state index in [1.165, 1.54) is 12.8 Å². The number of hydrogen-bond donors (Lipinski definition) is 2. The van der Waals surface area contributed by atoms with Crippen molar-refractivity contribution >= 4 is 11.6 Å². The van der Waals surface area contributed by atoms with Crippen LogP contribution in [0.2, 0.25) is 5.02 Å². The molecule has 2 N–H and O–H groups in total. The molecule has 2 rings (SSSR count). The molecule has 1 aromatic rings. The molecule has 4 nitrogen and oxygen atoms in total. The van der Waals surface area contributed by atoms with Crippen LogP contribution in [0.25, 0.3) is 0 Å². The van der Waals surface area contributed by atoms with Crippen LogP contribution in [0.15, 0.2) is 18.2 Å². The molecule has 0 amide bonds. The number of likely N-dealkylation sites (tertiary alicyclic amines) is 1. The highest BCUT2D eigenvalue weighted by Gasteiger charge is 2.26. The average Bonchev–Trinajstić information content (AvgIpc) is 2.96. The summed E-state index contributed by atoms with van der Waals surface area (Å²) in [5, 5.41) is 14.4. The zero-order valence-corrected chi connectivity index (χ0v) is 12.9. The number of likely N-dealkylation sites (N-methyl/N-ethyl adjacent to an activating group) is 1. The summed E-state index contributed by atoms with van der Waals surface area (Å²) in [5.74, 6) is 0.559. The van der Waals surface area contributed by atoms with Gasteiger partial charge in [0.15, 0.2) is 0 Å². The Labute approximate surface area is 125 Å². The first kappa shape index (κ1) is 15.6. The molecule has 0 saturated carbocycles. The van der Waals surface area contributed by atoms with E-state index in [0.717, 1.165) is 25.2 Å². The number of aliphatic hydroxyl groups is 1. The zero-order chi connectivity index (χ0) is 14.5. The SMILES string of the molecule is CNC(CN1CCCC1)C(O)c1cccc(Cl)c1OC. The van der Waals surface area contributed by atoms with Gasteiger partial charge < -0.3 is 20.1 Å². The number of aliphatic hydroxyl groups excluding tert-OH is 1. The second kappa shape index (κ2) is 7.27. The van der Waals surface area contributed by atoms with Gasteiger partial charge in [0, 0.05) is 18.2 Å². The van der Waals surface area contributed by atoms with E-state index in [1.54, 1.807) is 13.2 Å². The van der Waals surface area contributed by atoms with E-state index in [1.807, 2.05) is 19.2 Å². The molecule has 2 atom stereocenters. The Kier molecular flexibility index (Phi) is 5.66. The summed E-state index contributed by atoms with van der Waals surface area (Å²) in [6, 6.07) is 5.43. The van der Waals surface area contributed by atoms with Gasteiger partial charge in [-0.1, -0.05) is 23.7 Å². The second-order valence-corrected chi connectivity index (χ2v) is 5.62. The topological polar surface area (TPSA) is 44.7 Å². The van der Waals surface area contributed by atoms with Crippen LogP contribution in [0.3, 0.4) is 0 Å².